The number of phosphoric acid groups is 2. The number of aliphatic hydroxyl groups is 1. The van der Waals surface area contributed by atoms with Crippen LogP contribution in [-0.2, 0) is 65.4 Å². The fraction of sp³-hybridized carbons (Fsp3) is 0.942. The second-order valence-corrected chi connectivity index (χ2v) is 29.5. The number of hydrogen-bond donors (Lipinski definition) is 3. The van der Waals surface area contributed by atoms with E-state index in [1.54, 1.807) is 0 Å². The van der Waals surface area contributed by atoms with Crippen molar-refractivity contribution in [2.75, 3.05) is 39.6 Å². The molecule has 0 amide bonds. The summed E-state index contributed by atoms with van der Waals surface area (Å²) in [6, 6.07) is 0. The molecule has 4 unspecified atom stereocenters. The quantitative estimate of drug-likeness (QED) is 0.0222. The number of unbranched alkanes of at least 4 members (excludes halogenated alkanes) is 31. The van der Waals surface area contributed by atoms with Crippen molar-refractivity contribution in [1.29, 1.82) is 0 Å². The zero-order valence-electron chi connectivity index (χ0n) is 57.3. The minimum Gasteiger partial charge on any atom is -0.462 e. The molecule has 0 heterocycles. The molecule has 0 aromatic rings. The third-order valence-electron chi connectivity index (χ3n) is 16.2. The molecule has 0 aliphatic carbocycles. The lowest BCUT2D eigenvalue weighted by molar-refractivity contribution is -0.161. The summed E-state index contributed by atoms with van der Waals surface area (Å²) in [6.07, 6.45) is 40.6. The van der Waals surface area contributed by atoms with Crippen molar-refractivity contribution in [3.63, 3.8) is 0 Å². The largest absolute Gasteiger partial charge is 0.472 e. The van der Waals surface area contributed by atoms with E-state index in [1.807, 2.05) is 0 Å². The molecule has 0 saturated heterocycles. The number of carbonyl (C=O) groups is 4. The van der Waals surface area contributed by atoms with Crippen LogP contribution in [0.1, 0.15) is 338 Å². The number of rotatable bonds is 66. The van der Waals surface area contributed by atoms with Crippen LogP contribution in [0.5, 0.6) is 0 Å². The van der Waals surface area contributed by atoms with Gasteiger partial charge in [-0.15, -0.1) is 0 Å². The molecule has 0 aromatic heterocycles. The van der Waals surface area contributed by atoms with Crippen LogP contribution in [0.3, 0.4) is 0 Å². The van der Waals surface area contributed by atoms with E-state index in [-0.39, 0.29) is 25.7 Å². The summed E-state index contributed by atoms with van der Waals surface area (Å²) in [5.74, 6) is 0.792. The Morgan fingerprint density at radius 3 is 0.807 bits per heavy atom. The zero-order valence-corrected chi connectivity index (χ0v) is 59.1. The molecule has 0 aliphatic heterocycles. The lowest BCUT2D eigenvalue weighted by atomic mass is 10.00. The van der Waals surface area contributed by atoms with Gasteiger partial charge in [-0.05, 0) is 49.4 Å². The summed E-state index contributed by atoms with van der Waals surface area (Å²) < 4.78 is 68.2. The van der Waals surface area contributed by atoms with E-state index in [0.29, 0.717) is 31.6 Å². The highest BCUT2D eigenvalue weighted by Gasteiger charge is 2.30. The third kappa shape index (κ3) is 61.6. The Balaban J connectivity index is 5.20. The van der Waals surface area contributed by atoms with Crippen LogP contribution in [0.15, 0.2) is 0 Å². The number of hydrogen-bond acceptors (Lipinski definition) is 15. The van der Waals surface area contributed by atoms with Crippen molar-refractivity contribution < 1.29 is 80.2 Å². The Morgan fingerprint density at radius 1 is 0.318 bits per heavy atom. The fourth-order valence-electron chi connectivity index (χ4n) is 10.3. The first-order valence-corrected chi connectivity index (χ1v) is 38.7. The van der Waals surface area contributed by atoms with E-state index < -0.39 is 97.5 Å². The topological polar surface area (TPSA) is 237 Å². The molecule has 522 valence electrons. The van der Waals surface area contributed by atoms with Gasteiger partial charge in [0.15, 0.2) is 12.2 Å². The normalized spacial score (nSPS) is 14.6. The van der Waals surface area contributed by atoms with E-state index >= 15 is 0 Å². The summed E-state index contributed by atoms with van der Waals surface area (Å²) in [7, 11) is -9.90. The third-order valence-corrected chi connectivity index (χ3v) is 18.1. The molecule has 0 rings (SSSR count). The Bertz CT molecular complexity index is 1750. The zero-order chi connectivity index (χ0) is 65.4. The van der Waals surface area contributed by atoms with Crippen LogP contribution < -0.4 is 0 Å². The van der Waals surface area contributed by atoms with Gasteiger partial charge in [0.25, 0.3) is 0 Å². The maximum Gasteiger partial charge on any atom is 0.472 e. The second-order valence-electron chi connectivity index (χ2n) is 26.6. The van der Waals surface area contributed by atoms with E-state index in [0.717, 1.165) is 114 Å². The summed E-state index contributed by atoms with van der Waals surface area (Å²) >= 11 is 0. The molecule has 19 heteroatoms. The van der Waals surface area contributed by atoms with Gasteiger partial charge in [0.2, 0.25) is 0 Å². The second kappa shape index (κ2) is 58.8. The van der Waals surface area contributed by atoms with Gasteiger partial charge in [0, 0.05) is 25.7 Å². The molecule has 0 saturated carbocycles. The molecule has 17 nitrogen and oxygen atoms in total. The van der Waals surface area contributed by atoms with Crippen molar-refractivity contribution in [3.8, 4) is 0 Å². The Morgan fingerprint density at radius 2 is 0.545 bits per heavy atom. The van der Waals surface area contributed by atoms with Crippen LogP contribution >= 0.6 is 15.6 Å². The van der Waals surface area contributed by atoms with Gasteiger partial charge in [-0.25, -0.2) is 9.13 Å². The van der Waals surface area contributed by atoms with Crippen LogP contribution in [-0.4, -0.2) is 96.7 Å². The molecule has 0 aromatic carbocycles. The summed E-state index contributed by atoms with van der Waals surface area (Å²) in [4.78, 5) is 72.4. The van der Waals surface area contributed by atoms with Gasteiger partial charge in [-0.3, -0.25) is 37.3 Å². The van der Waals surface area contributed by atoms with Gasteiger partial charge in [0.05, 0.1) is 26.4 Å². The standard InChI is InChI=1S/C69H134O17P2/c1-9-62(8)48-40-32-26-28-34-42-50-67(72)80-56-64(85-68(73)51-43-35-24-18-16-14-12-10-11-13-15-17-21-29-37-45-59(2)3)57-83-87(75,76)81-53-63(70)54-82-88(77,78)84-58-65(86-69(74)52-44-36-27-25-31-39-47-61(6)7)55-79-66(71)49-41-33-23-20-19-22-30-38-46-60(4)5/h59-65,70H,9-58H2,1-8H3,(H,75,76)(H,77,78)/t62?,63?,64-,65-/m1/s1. The minimum atomic E-state index is -4.95. The average molecular weight is 1300 g/mol. The molecule has 0 fully saturated rings. The van der Waals surface area contributed by atoms with Gasteiger partial charge in [-0.2, -0.15) is 0 Å². The summed E-state index contributed by atoms with van der Waals surface area (Å²) in [5, 5.41) is 10.6. The van der Waals surface area contributed by atoms with Gasteiger partial charge in [0.1, 0.15) is 19.3 Å². The number of phosphoric ester groups is 2. The number of carbonyl (C=O) groups excluding carboxylic acids is 4. The van der Waals surface area contributed by atoms with Gasteiger partial charge < -0.3 is 33.8 Å². The first kappa shape index (κ1) is 86.1. The first-order chi connectivity index (χ1) is 42.1. The molecule has 0 bridgehead atoms. The predicted molar refractivity (Wildman–Crippen MR) is 354 cm³/mol. The van der Waals surface area contributed by atoms with E-state index in [1.165, 1.54) is 135 Å². The lowest BCUT2D eigenvalue weighted by Gasteiger charge is -2.21. The number of ether oxygens (including phenoxy) is 4. The molecule has 0 aliphatic rings. The number of aliphatic hydroxyl groups excluding tert-OH is 1. The average Bonchev–Trinajstić information content (AvgIpc) is 3.66. The fourth-order valence-corrected chi connectivity index (χ4v) is 11.9. The van der Waals surface area contributed by atoms with Crippen LogP contribution in [0.25, 0.3) is 0 Å². The predicted octanol–water partition coefficient (Wildman–Crippen LogP) is 19.3. The molecule has 3 N–H and O–H groups in total. The molecular formula is C69H134O17P2. The Labute approximate surface area is 537 Å². The van der Waals surface area contributed by atoms with Crippen molar-refractivity contribution in [2.45, 2.75) is 356 Å². The molecular weight excluding hydrogens is 1160 g/mol. The van der Waals surface area contributed by atoms with Crippen LogP contribution in [0.4, 0.5) is 0 Å². The monoisotopic (exact) mass is 1300 g/mol. The van der Waals surface area contributed by atoms with Crippen LogP contribution in [0.2, 0.25) is 0 Å². The molecule has 0 radical (unpaired) electrons. The van der Waals surface area contributed by atoms with Crippen molar-refractivity contribution in [1.82, 2.24) is 0 Å². The highest BCUT2D eigenvalue weighted by atomic mass is 31.2. The SMILES string of the molecule is CCC(C)CCCCCCCCC(=O)OC[C@H](COP(=O)(O)OCC(O)COP(=O)(O)OC[C@@H](COC(=O)CCCCCCCCCCC(C)C)OC(=O)CCCCCCCCC(C)C)OC(=O)CCCCCCCCCCCCCCCCCC(C)C. The summed E-state index contributed by atoms with van der Waals surface area (Å²) in [6.45, 7) is 14.0. The smallest absolute Gasteiger partial charge is 0.462 e. The van der Waals surface area contributed by atoms with E-state index in [2.05, 4.69) is 55.4 Å². The van der Waals surface area contributed by atoms with Crippen molar-refractivity contribution >= 4 is 39.5 Å². The first-order valence-electron chi connectivity index (χ1n) is 35.7. The minimum absolute atomic E-state index is 0.101. The maximum atomic E-state index is 13.0. The Kier molecular flexibility index (Phi) is 57.6. The number of esters is 4. The van der Waals surface area contributed by atoms with Gasteiger partial charge >= 0.3 is 39.5 Å². The lowest BCUT2D eigenvalue weighted by Crippen LogP contribution is -2.30. The molecule has 0 spiro atoms. The molecule has 88 heavy (non-hydrogen) atoms. The highest BCUT2D eigenvalue weighted by molar-refractivity contribution is 7.47. The Hall–Kier alpha value is -1.94. The molecule has 6 atom stereocenters. The van der Waals surface area contributed by atoms with Gasteiger partial charge in [-0.1, -0.05) is 287 Å². The van der Waals surface area contributed by atoms with Crippen molar-refractivity contribution in [3.05, 3.63) is 0 Å². The van der Waals surface area contributed by atoms with Crippen molar-refractivity contribution in [2.24, 2.45) is 23.7 Å². The van der Waals surface area contributed by atoms with E-state index in [4.69, 9.17) is 37.0 Å². The van der Waals surface area contributed by atoms with E-state index in [9.17, 15) is 43.2 Å². The highest BCUT2D eigenvalue weighted by Crippen LogP contribution is 2.45. The summed E-state index contributed by atoms with van der Waals surface area (Å²) in [5.41, 5.74) is 0. The van der Waals surface area contributed by atoms with Crippen LogP contribution in [0, 0.1) is 23.7 Å². The maximum absolute atomic E-state index is 13.0.